The largest absolute Gasteiger partial charge is 2.00 e. The molecule has 4 nitrogen and oxygen atoms in total. The van der Waals surface area contributed by atoms with E-state index in [2.05, 4.69) is 22.1 Å². The van der Waals surface area contributed by atoms with E-state index in [1.54, 1.807) is 16.8 Å². The molecule has 0 bridgehead atoms. The molecule has 0 spiro atoms. The first kappa shape index (κ1) is 24.8. The van der Waals surface area contributed by atoms with Gasteiger partial charge in [0.15, 0.2) is 0 Å². The molecule has 5 rings (SSSR count). The monoisotopic (exact) mass is 651 g/mol. The van der Waals surface area contributed by atoms with Gasteiger partial charge in [-0.25, -0.2) is 0 Å². The molecule has 8 heteroatoms. The minimum atomic E-state index is -4.54. The molecule has 35 heavy (non-hydrogen) atoms. The van der Waals surface area contributed by atoms with Crippen LogP contribution in [0.25, 0.3) is 27.7 Å². The van der Waals surface area contributed by atoms with E-state index in [1.165, 1.54) is 0 Å². The van der Waals surface area contributed by atoms with Gasteiger partial charge in [-0.1, -0.05) is 30.3 Å². The molecule has 0 aliphatic heterocycles. The number of rotatable bonds is 4. The molecule has 0 atom stereocenters. The maximum atomic E-state index is 13.1. The Hall–Kier alpha value is -3.31. The SMILES string of the molecule is CC(C)(c1cccc(-c2[c-]cnc(C(F)(F)F)c2)n1)c1ccn(-c2[c-]ccc3ccccc23)n1.[Pt+2]. The zero-order valence-corrected chi connectivity index (χ0v) is 21.0. The zero-order valence-electron chi connectivity index (χ0n) is 18.7. The van der Waals surface area contributed by atoms with Crippen LogP contribution < -0.4 is 0 Å². The number of nitrogens with zero attached hydrogens (tertiary/aromatic N) is 4. The van der Waals surface area contributed by atoms with E-state index in [9.17, 15) is 13.2 Å². The molecule has 0 aliphatic rings. The molecule has 0 N–H and O–H groups in total. The summed E-state index contributed by atoms with van der Waals surface area (Å²) in [6, 6.07) is 26.1. The average Bonchev–Trinajstić information content (AvgIpc) is 3.34. The number of pyridine rings is 2. The molecule has 0 fully saturated rings. The number of aromatic nitrogens is 4. The molecule has 3 aromatic heterocycles. The molecule has 0 aliphatic carbocycles. The third-order valence-corrected chi connectivity index (χ3v) is 5.82. The fraction of sp³-hybridized carbons (Fsp3) is 0.148. The maximum absolute atomic E-state index is 13.1. The Morgan fingerprint density at radius 3 is 2.46 bits per heavy atom. The fourth-order valence-electron chi connectivity index (χ4n) is 3.87. The van der Waals surface area contributed by atoms with Crippen LogP contribution in [0.15, 0.2) is 79.1 Å². The second kappa shape index (κ2) is 9.38. The van der Waals surface area contributed by atoms with Crippen LogP contribution in [0.1, 0.15) is 30.9 Å². The van der Waals surface area contributed by atoms with E-state index in [4.69, 9.17) is 5.10 Å². The van der Waals surface area contributed by atoms with Crippen molar-refractivity contribution in [3.05, 3.63) is 108 Å². The van der Waals surface area contributed by atoms with Crippen LogP contribution in [0.2, 0.25) is 0 Å². The number of fused-ring (bicyclic) bond motifs is 1. The summed E-state index contributed by atoms with van der Waals surface area (Å²) < 4.78 is 41.1. The van der Waals surface area contributed by atoms with E-state index in [1.807, 2.05) is 68.6 Å². The van der Waals surface area contributed by atoms with Gasteiger partial charge in [-0.15, -0.1) is 22.9 Å². The minimum Gasteiger partial charge on any atom is -0.316 e. The van der Waals surface area contributed by atoms with Crippen molar-refractivity contribution in [3.63, 3.8) is 0 Å². The van der Waals surface area contributed by atoms with Gasteiger partial charge in [0.25, 0.3) is 0 Å². The third-order valence-electron chi connectivity index (χ3n) is 5.82. The first-order valence-electron chi connectivity index (χ1n) is 10.6. The maximum Gasteiger partial charge on any atom is 2.00 e. The summed E-state index contributed by atoms with van der Waals surface area (Å²) in [4.78, 5) is 8.05. The summed E-state index contributed by atoms with van der Waals surface area (Å²) in [5.74, 6) is 0. The van der Waals surface area contributed by atoms with Gasteiger partial charge in [-0.05, 0) is 43.6 Å². The van der Waals surface area contributed by atoms with Gasteiger partial charge in [0, 0.05) is 17.3 Å². The van der Waals surface area contributed by atoms with Crippen molar-refractivity contribution in [2.24, 2.45) is 0 Å². The Labute approximate surface area is 215 Å². The van der Waals surface area contributed by atoms with Crippen molar-refractivity contribution < 1.29 is 34.2 Å². The second-order valence-electron chi connectivity index (χ2n) is 8.44. The summed E-state index contributed by atoms with van der Waals surface area (Å²) in [5.41, 5.74) is 1.33. The van der Waals surface area contributed by atoms with Crippen molar-refractivity contribution in [2.45, 2.75) is 25.4 Å². The molecule has 0 saturated carbocycles. The summed E-state index contributed by atoms with van der Waals surface area (Å²) in [7, 11) is 0. The Morgan fingerprint density at radius 2 is 1.66 bits per heavy atom. The van der Waals surface area contributed by atoms with E-state index in [-0.39, 0.29) is 26.6 Å². The van der Waals surface area contributed by atoms with E-state index < -0.39 is 17.3 Å². The molecule has 2 aromatic carbocycles. The van der Waals surface area contributed by atoms with Crippen LogP contribution in [0.4, 0.5) is 13.2 Å². The standard InChI is InChI=1S/C27H19F3N4.Pt/c1-26(2,23-12-6-10-21(32-23)19-13-15-31-25(17-19)27(28,29)30)24-14-16-34(33-24)22-11-5-8-18-7-3-4-9-20(18)22;/h3-10,12,14-17H,1-2H3;/q-2;+2. The molecule has 178 valence electrons. The van der Waals surface area contributed by atoms with Crippen LogP contribution in [0.5, 0.6) is 0 Å². The van der Waals surface area contributed by atoms with Crippen LogP contribution in [0, 0.1) is 12.1 Å². The number of benzene rings is 2. The Balaban J connectivity index is 0.00000289. The second-order valence-corrected chi connectivity index (χ2v) is 8.44. The quantitative estimate of drug-likeness (QED) is 0.211. The molecular weight excluding hydrogens is 632 g/mol. The molecule has 5 aromatic rings. The van der Waals surface area contributed by atoms with E-state index in [0.29, 0.717) is 11.4 Å². The molecule has 0 amide bonds. The Kier molecular flexibility index (Phi) is 6.65. The molecule has 3 heterocycles. The molecule has 0 radical (unpaired) electrons. The van der Waals surface area contributed by atoms with E-state index >= 15 is 0 Å². The van der Waals surface area contributed by atoms with Gasteiger partial charge in [0.05, 0.1) is 11.4 Å². The first-order chi connectivity index (χ1) is 16.2. The fourth-order valence-corrected chi connectivity index (χ4v) is 3.87. The summed E-state index contributed by atoms with van der Waals surface area (Å²) >= 11 is 0. The predicted molar refractivity (Wildman–Crippen MR) is 123 cm³/mol. The zero-order chi connectivity index (χ0) is 23.9. The minimum absolute atomic E-state index is 0. The van der Waals surface area contributed by atoms with Gasteiger partial charge >= 0.3 is 27.2 Å². The topological polar surface area (TPSA) is 43.6 Å². The van der Waals surface area contributed by atoms with Crippen LogP contribution in [-0.4, -0.2) is 19.7 Å². The Bertz CT molecular complexity index is 1490. The number of halogens is 3. The normalized spacial score (nSPS) is 11.9. The van der Waals surface area contributed by atoms with Gasteiger partial charge in [0.2, 0.25) is 0 Å². The van der Waals surface area contributed by atoms with Gasteiger partial charge in [0.1, 0.15) is 0 Å². The average molecular weight is 652 g/mol. The van der Waals surface area contributed by atoms with Gasteiger partial charge < -0.3 is 4.98 Å². The van der Waals surface area contributed by atoms with Gasteiger partial charge in [-0.3, -0.25) is 9.67 Å². The van der Waals surface area contributed by atoms with Crippen molar-refractivity contribution >= 4 is 10.8 Å². The molecule has 0 unspecified atom stereocenters. The van der Waals surface area contributed by atoms with Gasteiger partial charge in [-0.2, -0.15) is 48.1 Å². The first-order valence-corrected chi connectivity index (χ1v) is 10.6. The van der Waals surface area contributed by atoms with Crippen LogP contribution in [-0.2, 0) is 32.7 Å². The third kappa shape index (κ3) is 4.78. The van der Waals surface area contributed by atoms with Crippen molar-refractivity contribution in [1.29, 1.82) is 0 Å². The number of alkyl halides is 3. The Morgan fingerprint density at radius 1 is 0.857 bits per heavy atom. The summed E-state index contributed by atoms with van der Waals surface area (Å²) in [6.07, 6.45) is -1.63. The van der Waals surface area contributed by atoms with Crippen molar-refractivity contribution in [1.82, 2.24) is 19.7 Å². The molecular formula is C27H19F3N4Pt. The van der Waals surface area contributed by atoms with Crippen molar-refractivity contribution in [2.75, 3.05) is 0 Å². The number of hydrogen-bond donors (Lipinski definition) is 0. The number of hydrogen-bond acceptors (Lipinski definition) is 3. The van der Waals surface area contributed by atoms with Crippen LogP contribution >= 0.6 is 0 Å². The van der Waals surface area contributed by atoms with E-state index in [0.717, 1.165) is 34.4 Å². The molecule has 0 saturated heterocycles. The summed E-state index contributed by atoms with van der Waals surface area (Å²) in [5, 5.41) is 6.93. The van der Waals surface area contributed by atoms with Crippen molar-refractivity contribution in [3.8, 4) is 16.9 Å². The van der Waals surface area contributed by atoms with Crippen LogP contribution in [0.3, 0.4) is 0 Å². The summed E-state index contributed by atoms with van der Waals surface area (Å²) in [6.45, 7) is 3.96. The predicted octanol–water partition coefficient (Wildman–Crippen LogP) is 6.43. The smallest absolute Gasteiger partial charge is 0.316 e.